The van der Waals surface area contributed by atoms with Crippen molar-refractivity contribution < 1.29 is 27.8 Å². The minimum atomic E-state index is -0.981. The molecule has 1 fully saturated rings. The number of halogens is 2. The quantitative estimate of drug-likeness (QED) is 0.441. The van der Waals surface area contributed by atoms with Crippen LogP contribution < -0.4 is 0 Å². The Balaban J connectivity index is 2.17. The number of rotatable bonds is 7. The van der Waals surface area contributed by atoms with Gasteiger partial charge in [-0.1, -0.05) is 0 Å². The summed E-state index contributed by atoms with van der Waals surface area (Å²) in [6.45, 7) is 4.71. The van der Waals surface area contributed by atoms with Gasteiger partial charge in [0, 0.05) is 6.08 Å². The van der Waals surface area contributed by atoms with Crippen LogP contribution in [0.4, 0.5) is 8.78 Å². The molecule has 0 spiro atoms. The fourth-order valence-electron chi connectivity index (χ4n) is 1.93. The normalized spacial score (nSPS) is 18.5. The highest BCUT2D eigenvalue weighted by molar-refractivity contribution is 5.87. The molecule has 0 N–H and O–H groups in total. The zero-order valence-electron chi connectivity index (χ0n) is 12.5. The van der Waals surface area contributed by atoms with E-state index < -0.39 is 23.7 Å². The van der Waals surface area contributed by atoms with Gasteiger partial charge < -0.3 is 14.2 Å². The molecule has 1 aliphatic heterocycles. The van der Waals surface area contributed by atoms with Gasteiger partial charge in [0.05, 0.1) is 25.9 Å². The Morgan fingerprint density at radius 3 is 2.77 bits per heavy atom. The van der Waals surface area contributed by atoms with Crippen LogP contribution in [0.5, 0.6) is 0 Å². The second-order valence-corrected chi connectivity index (χ2v) is 4.91. The van der Waals surface area contributed by atoms with Crippen LogP contribution in [0, 0.1) is 11.6 Å². The minimum absolute atomic E-state index is 0.0752. The smallest absolute Gasteiger partial charge is 0.330 e. The summed E-state index contributed by atoms with van der Waals surface area (Å²) in [5.41, 5.74) is 0.830. The van der Waals surface area contributed by atoms with Gasteiger partial charge >= 0.3 is 5.97 Å². The zero-order chi connectivity index (χ0) is 16.1. The SMILES string of the molecule is CCOC(=O)/C=C/c1cc(F)c(F)cc1C(C)OCC1CO1. The number of carbonyl (C=O) groups is 1. The Kier molecular flexibility index (Phi) is 5.63. The summed E-state index contributed by atoms with van der Waals surface area (Å²) in [6.07, 6.45) is 2.19. The number of carbonyl (C=O) groups excluding carboxylic acids is 1. The van der Waals surface area contributed by atoms with Crippen molar-refractivity contribution in [1.82, 2.24) is 0 Å². The van der Waals surface area contributed by atoms with Crippen LogP contribution in [0.25, 0.3) is 6.08 Å². The van der Waals surface area contributed by atoms with Crippen LogP contribution in [0.3, 0.4) is 0 Å². The number of hydrogen-bond acceptors (Lipinski definition) is 4. The van der Waals surface area contributed by atoms with E-state index in [-0.39, 0.29) is 12.7 Å². The molecular formula is C16H18F2O4. The Morgan fingerprint density at radius 2 is 2.14 bits per heavy atom. The predicted molar refractivity (Wildman–Crippen MR) is 76.1 cm³/mol. The summed E-state index contributed by atoms with van der Waals surface area (Å²) in [6, 6.07) is 2.12. The maximum atomic E-state index is 13.5. The average Bonchev–Trinajstić information content (AvgIpc) is 3.30. The molecule has 1 heterocycles. The van der Waals surface area contributed by atoms with Gasteiger partial charge in [-0.05, 0) is 43.2 Å². The van der Waals surface area contributed by atoms with E-state index >= 15 is 0 Å². The molecule has 0 aromatic heterocycles. The first-order chi connectivity index (χ1) is 10.5. The summed E-state index contributed by atoms with van der Waals surface area (Å²) in [7, 11) is 0. The number of hydrogen-bond donors (Lipinski definition) is 0. The molecule has 0 saturated carbocycles. The minimum Gasteiger partial charge on any atom is -0.463 e. The van der Waals surface area contributed by atoms with Gasteiger partial charge in [-0.3, -0.25) is 0 Å². The van der Waals surface area contributed by atoms with Crippen LogP contribution in [0.2, 0.25) is 0 Å². The standard InChI is InChI=1S/C16H18F2O4/c1-3-20-16(19)5-4-11-6-14(17)15(18)7-13(11)10(2)21-8-12-9-22-12/h4-7,10,12H,3,8-9H2,1-2H3/b5-4+. The van der Waals surface area contributed by atoms with E-state index in [0.717, 1.165) is 12.1 Å². The second-order valence-electron chi connectivity index (χ2n) is 4.91. The topological polar surface area (TPSA) is 48.1 Å². The van der Waals surface area contributed by atoms with Gasteiger partial charge in [0.25, 0.3) is 0 Å². The molecule has 0 amide bonds. The Morgan fingerprint density at radius 1 is 1.45 bits per heavy atom. The molecule has 1 saturated heterocycles. The van der Waals surface area contributed by atoms with Gasteiger partial charge in [-0.15, -0.1) is 0 Å². The molecule has 6 heteroatoms. The number of epoxide rings is 1. The molecule has 0 bridgehead atoms. The van der Waals surface area contributed by atoms with E-state index in [1.807, 2.05) is 0 Å². The number of ether oxygens (including phenoxy) is 3. The van der Waals surface area contributed by atoms with Crippen LogP contribution in [0.1, 0.15) is 31.1 Å². The molecule has 1 aromatic carbocycles. The summed E-state index contributed by atoms with van der Waals surface area (Å²) >= 11 is 0. The van der Waals surface area contributed by atoms with Gasteiger partial charge in [0.2, 0.25) is 0 Å². The van der Waals surface area contributed by atoms with Crippen molar-refractivity contribution in [1.29, 1.82) is 0 Å². The summed E-state index contributed by atoms with van der Waals surface area (Å²) in [5, 5.41) is 0. The van der Waals surface area contributed by atoms with Crippen molar-refractivity contribution >= 4 is 12.0 Å². The molecule has 1 aliphatic rings. The first kappa shape index (κ1) is 16.6. The van der Waals surface area contributed by atoms with E-state index in [1.165, 1.54) is 12.2 Å². The molecular weight excluding hydrogens is 294 g/mol. The lowest BCUT2D eigenvalue weighted by molar-refractivity contribution is -0.137. The van der Waals surface area contributed by atoms with E-state index in [1.54, 1.807) is 13.8 Å². The third-order valence-electron chi connectivity index (χ3n) is 3.18. The number of benzene rings is 1. The van der Waals surface area contributed by atoms with Crippen LogP contribution in [0.15, 0.2) is 18.2 Å². The van der Waals surface area contributed by atoms with E-state index in [4.69, 9.17) is 14.2 Å². The van der Waals surface area contributed by atoms with Crippen molar-refractivity contribution in [3.8, 4) is 0 Å². The Bertz CT molecular complexity index is 568. The van der Waals surface area contributed by atoms with Crippen LogP contribution in [-0.4, -0.2) is 31.9 Å². The van der Waals surface area contributed by atoms with Crippen LogP contribution >= 0.6 is 0 Å². The largest absolute Gasteiger partial charge is 0.463 e. The van der Waals surface area contributed by atoms with E-state index in [2.05, 4.69) is 0 Å². The van der Waals surface area contributed by atoms with Crippen molar-refractivity contribution in [2.24, 2.45) is 0 Å². The third kappa shape index (κ3) is 4.61. The highest BCUT2D eigenvalue weighted by Crippen LogP contribution is 2.26. The van der Waals surface area contributed by atoms with Gasteiger partial charge in [0.1, 0.15) is 6.10 Å². The molecule has 0 aliphatic carbocycles. The molecule has 4 nitrogen and oxygen atoms in total. The Hall–Kier alpha value is -1.79. The average molecular weight is 312 g/mol. The highest BCUT2D eigenvalue weighted by Gasteiger charge is 2.24. The Labute approximate surface area is 127 Å². The monoisotopic (exact) mass is 312 g/mol. The fraction of sp³-hybridized carbons (Fsp3) is 0.438. The summed E-state index contributed by atoms with van der Waals surface area (Å²) < 4.78 is 42.3. The van der Waals surface area contributed by atoms with Crippen molar-refractivity contribution in [3.05, 3.63) is 41.0 Å². The second kappa shape index (κ2) is 7.47. The van der Waals surface area contributed by atoms with Gasteiger partial charge in [-0.25, -0.2) is 13.6 Å². The zero-order valence-corrected chi connectivity index (χ0v) is 12.5. The maximum Gasteiger partial charge on any atom is 0.330 e. The lowest BCUT2D eigenvalue weighted by Gasteiger charge is -2.16. The predicted octanol–water partition coefficient (Wildman–Crippen LogP) is 3.02. The van der Waals surface area contributed by atoms with Crippen molar-refractivity contribution in [3.63, 3.8) is 0 Å². The van der Waals surface area contributed by atoms with E-state index in [9.17, 15) is 13.6 Å². The lowest BCUT2D eigenvalue weighted by atomic mass is 10.0. The van der Waals surface area contributed by atoms with Crippen LogP contribution in [-0.2, 0) is 19.0 Å². The fourth-order valence-corrected chi connectivity index (χ4v) is 1.93. The van der Waals surface area contributed by atoms with Gasteiger partial charge in [-0.2, -0.15) is 0 Å². The molecule has 2 rings (SSSR count). The molecule has 2 atom stereocenters. The number of esters is 1. The lowest BCUT2D eigenvalue weighted by Crippen LogP contribution is -2.08. The first-order valence-corrected chi connectivity index (χ1v) is 7.08. The summed E-state index contributed by atoms with van der Waals surface area (Å²) in [5.74, 6) is -2.48. The van der Waals surface area contributed by atoms with Crippen molar-refractivity contribution in [2.75, 3.05) is 19.8 Å². The molecule has 22 heavy (non-hydrogen) atoms. The molecule has 1 aromatic rings. The van der Waals surface area contributed by atoms with E-state index in [0.29, 0.717) is 24.3 Å². The maximum absolute atomic E-state index is 13.5. The molecule has 120 valence electrons. The molecule has 0 radical (unpaired) electrons. The van der Waals surface area contributed by atoms with Gasteiger partial charge in [0.15, 0.2) is 11.6 Å². The first-order valence-electron chi connectivity index (χ1n) is 7.08. The summed E-state index contributed by atoms with van der Waals surface area (Å²) in [4.78, 5) is 11.3. The third-order valence-corrected chi connectivity index (χ3v) is 3.18. The van der Waals surface area contributed by atoms with Crippen molar-refractivity contribution in [2.45, 2.75) is 26.1 Å². The molecule has 2 unspecified atom stereocenters. The highest BCUT2D eigenvalue weighted by atomic mass is 19.2.